The van der Waals surface area contributed by atoms with Crippen LogP contribution in [0.3, 0.4) is 0 Å². The van der Waals surface area contributed by atoms with E-state index in [1.54, 1.807) is 0 Å². The summed E-state index contributed by atoms with van der Waals surface area (Å²) in [5.74, 6) is 0.701. The topological polar surface area (TPSA) is 21.7 Å². The molecule has 3 heteroatoms. The first-order valence-electron chi connectivity index (χ1n) is 6.53. The van der Waals surface area contributed by atoms with Crippen molar-refractivity contribution < 1.29 is 9.47 Å². The first kappa shape index (κ1) is 13.9. The van der Waals surface area contributed by atoms with Gasteiger partial charge in [-0.05, 0) is 33.1 Å². The second kappa shape index (κ2) is 7.25. The highest BCUT2D eigenvalue weighted by Gasteiger charge is 2.16. The highest BCUT2D eigenvalue weighted by atomic mass is 16.5. The number of nitrogens with zero attached hydrogens (tertiary/aromatic N) is 1. The fraction of sp³-hybridized carbons (Fsp3) is 1.00. The fourth-order valence-corrected chi connectivity index (χ4v) is 2.39. The molecule has 0 aliphatic carbocycles. The van der Waals surface area contributed by atoms with Gasteiger partial charge in [-0.3, -0.25) is 4.90 Å². The number of hydrogen-bond donors (Lipinski definition) is 0. The van der Waals surface area contributed by atoms with Crippen LogP contribution in [-0.2, 0) is 9.47 Å². The second-order valence-electron chi connectivity index (χ2n) is 5.25. The molecule has 16 heavy (non-hydrogen) atoms. The summed E-state index contributed by atoms with van der Waals surface area (Å²) in [5.41, 5.74) is 0. The Bertz CT molecular complexity index is 179. The summed E-state index contributed by atoms with van der Waals surface area (Å²) in [4.78, 5) is 2.50. The highest BCUT2D eigenvalue weighted by Crippen LogP contribution is 2.13. The minimum atomic E-state index is 0.339. The zero-order valence-corrected chi connectivity index (χ0v) is 11.2. The zero-order chi connectivity index (χ0) is 12.0. The molecule has 0 aromatic carbocycles. The van der Waals surface area contributed by atoms with Crippen molar-refractivity contribution in [1.82, 2.24) is 4.90 Å². The maximum atomic E-state index is 5.77. The first-order chi connectivity index (χ1) is 7.58. The zero-order valence-electron chi connectivity index (χ0n) is 11.2. The molecular formula is C13H27NO2. The molecule has 0 bridgehead atoms. The molecule has 2 atom stereocenters. The molecule has 0 saturated carbocycles. The van der Waals surface area contributed by atoms with E-state index in [0.717, 1.165) is 32.7 Å². The van der Waals surface area contributed by atoms with Gasteiger partial charge in [0, 0.05) is 19.6 Å². The monoisotopic (exact) mass is 229 g/mol. The lowest BCUT2D eigenvalue weighted by atomic mass is 10.0. The van der Waals surface area contributed by atoms with E-state index >= 15 is 0 Å². The van der Waals surface area contributed by atoms with Gasteiger partial charge in [0.2, 0.25) is 0 Å². The van der Waals surface area contributed by atoms with Crippen LogP contribution in [0.4, 0.5) is 0 Å². The van der Waals surface area contributed by atoms with Crippen molar-refractivity contribution >= 4 is 0 Å². The fourth-order valence-electron chi connectivity index (χ4n) is 2.39. The average Bonchev–Trinajstić information content (AvgIpc) is 2.17. The molecule has 1 heterocycles. The molecule has 0 N–H and O–H groups in total. The van der Waals surface area contributed by atoms with Gasteiger partial charge in [0.05, 0.1) is 25.4 Å². The SMILES string of the molecule is CC(CC(C)OC(C)C)CN1CCOCC1. The molecule has 0 aromatic rings. The molecule has 1 rings (SSSR count). The first-order valence-corrected chi connectivity index (χ1v) is 6.53. The van der Waals surface area contributed by atoms with E-state index in [9.17, 15) is 0 Å². The summed E-state index contributed by atoms with van der Waals surface area (Å²) >= 11 is 0. The maximum Gasteiger partial charge on any atom is 0.0594 e. The predicted octanol–water partition coefficient (Wildman–Crippen LogP) is 2.16. The molecule has 1 aliphatic heterocycles. The summed E-state index contributed by atoms with van der Waals surface area (Å²) < 4.78 is 11.1. The minimum absolute atomic E-state index is 0.339. The Morgan fingerprint density at radius 3 is 2.31 bits per heavy atom. The van der Waals surface area contributed by atoms with Crippen molar-refractivity contribution in [1.29, 1.82) is 0 Å². The standard InChI is InChI=1S/C13H27NO2/c1-11(2)16-13(4)9-12(3)10-14-5-7-15-8-6-14/h11-13H,5-10H2,1-4H3. The Hall–Kier alpha value is -0.120. The van der Waals surface area contributed by atoms with Crippen LogP contribution in [0.5, 0.6) is 0 Å². The van der Waals surface area contributed by atoms with E-state index in [-0.39, 0.29) is 0 Å². The van der Waals surface area contributed by atoms with Crippen LogP contribution in [0.15, 0.2) is 0 Å². The number of ether oxygens (including phenoxy) is 2. The summed E-state index contributed by atoms with van der Waals surface area (Å²) in [5, 5.41) is 0. The van der Waals surface area contributed by atoms with Crippen molar-refractivity contribution in [3.63, 3.8) is 0 Å². The molecule has 96 valence electrons. The third kappa shape index (κ3) is 5.83. The predicted molar refractivity (Wildman–Crippen MR) is 66.7 cm³/mol. The van der Waals surface area contributed by atoms with Crippen LogP contribution < -0.4 is 0 Å². The smallest absolute Gasteiger partial charge is 0.0594 e. The quantitative estimate of drug-likeness (QED) is 0.696. The third-order valence-electron chi connectivity index (χ3n) is 2.91. The number of hydrogen-bond acceptors (Lipinski definition) is 3. The Balaban J connectivity index is 2.15. The van der Waals surface area contributed by atoms with E-state index in [4.69, 9.17) is 9.47 Å². The summed E-state index contributed by atoms with van der Waals surface area (Å²) in [6.45, 7) is 13.8. The number of morpholine rings is 1. The van der Waals surface area contributed by atoms with Gasteiger partial charge in [0.1, 0.15) is 0 Å². The van der Waals surface area contributed by atoms with Gasteiger partial charge in [-0.15, -0.1) is 0 Å². The van der Waals surface area contributed by atoms with E-state index < -0.39 is 0 Å². The van der Waals surface area contributed by atoms with Gasteiger partial charge in [-0.2, -0.15) is 0 Å². The van der Waals surface area contributed by atoms with Crippen molar-refractivity contribution in [2.75, 3.05) is 32.8 Å². The van der Waals surface area contributed by atoms with Crippen molar-refractivity contribution in [2.24, 2.45) is 5.92 Å². The van der Waals surface area contributed by atoms with Crippen LogP contribution >= 0.6 is 0 Å². The van der Waals surface area contributed by atoms with Gasteiger partial charge in [0.15, 0.2) is 0 Å². The Morgan fingerprint density at radius 1 is 1.12 bits per heavy atom. The van der Waals surface area contributed by atoms with Gasteiger partial charge in [-0.1, -0.05) is 6.92 Å². The van der Waals surface area contributed by atoms with E-state index in [1.165, 1.54) is 6.54 Å². The molecule has 1 aliphatic rings. The van der Waals surface area contributed by atoms with Crippen molar-refractivity contribution in [2.45, 2.75) is 46.3 Å². The Labute approximate surface area is 100 Å². The third-order valence-corrected chi connectivity index (χ3v) is 2.91. The Morgan fingerprint density at radius 2 is 1.75 bits per heavy atom. The molecule has 3 nitrogen and oxygen atoms in total. The molecule has 1 fully saturated rings. The van der Waals surface area contributed by atoms with Gasteiger partial charge in [0.25, 0.3) is 0 Å². The van der Waals surface area contributed by atoms with Crippen LogP contribution in [0, 0.1) is 5.92 Å². The van der Waals surface area contributed by atoms with Gasteiger partial charge < -0.3 is 9.47 Å². The molecule has 0 amide bonds. The van der Waals surface area contributed by atoms with E-state index in [0.29, 0.717) is 18.1 Å². The minimum Gasteiger partial charge on any atom is -0.379 e. The molecule has 1 saturated heterocycles. The van der Waals surface area contributed by atoms with Crippen LogP contribution in [-0.4, -0.2) is 50.0 Å². The molecule has 0 radical (unpaired) electrons. The normalized spacial score (nSPS) is 22.3. The van der Waals surface area contributed by atoms with Gasteiger partial charge >= 0.3 is 0 Å². The molecule has 0 spiro atoms. The lowest BCUT2D eigenvalue weighted by Crippen LogP contribution is -2.39. The summed E-state index contributed by atoms with van der Waals surface area (Å²) in [6.07, 6.45) is 1.86. The van der Waals surface area contributed by atoms with Crippen molar-refractivity contribution in [3.05, 3.63) is 0 Å². The van der Waals surface area contributed by atoms with E-state index in [1.807, 2.05) is 0 Å². The summed E-state index contributed by atoms with van der Waals surface area (Å²) in [6, 6.07) is 0. The van der Waals surface area contributed by atoms with Crippen LogP contribution in [0.25, 0.3) is 0 Å². The lowest BCUT2D eigenvalue weighted by molar-refractivity contribution is -0.00333. The summed E-state index contributed by atoms with van der Waals surface area (Å²) in [7, 11) is 0. The average molecular weight is 229 g/mol. The Kier molecular flexibility index (Phi) is 6.32. The largest absolute Gasteiger partial charge is 0.379 e. The van der Waals surface area contributed by atoms with E-state index in [2.05, 4.69) is 32.6 Å². The molecule has 0 aromatic heterocycles. The molecule has 2 unspecified atom stereocenters. The lowest BCUT2D eigenvalue weighted by Gasteiger charge is -2.30. The maximum absolute atomic E-state index is 5.77. The van der Waals surface area contributed by atoms with Crippen LogP contribution in [0.1, 0.15) is 34.1 Å². The second-order valence-corrected chi connectivity index (χ2v) is 5.25. The van der Waals surface area contributed by atoms with Crippen molar-refractivity contribution in [3.8, 4) is 0 Å². The highest BCUT2D eigenvalue weighted by molar-refractivity contribution is 4.68. The number of rotatable bonds is 6. The molecular weight excluding hydrogens is 202 g/mol. The van der Waals surface area contributed by atoms with Crippen LogP contribution in [0.2, 0.25) is 0 Å². The van der Waals surface area contributed by atoms with Gasteiger partial charge in [-0.25, -0.2) is 0 Å².